The van der Waals surface area contributed by atoms with Crippen LogP contribution in [0.3, 0.4) is 0 Å². The predicted molar refractivity (Wildman–Crippen MR) is 89.2 cm³/mol. The van der Waals surface area contributed by atoms with Crippen molar-refractivity contribution in [3.05, 3.63) is 30.6 Å². The van der Waals surface area contributed by atoms with Crippen LogP contribution in [0.2, 0.25) is 0 Å². The van der Waals surface area contributed by atoms with Crippen LogP contribution in [0.1, 0.15) is 78.1 Å². The maximum atomic E-state index is 8.89. The molecule has 0 saturated carbocycles. The van der Waals surface area contributed by atoms with E-state index in [0.29, 0.717) is 0 Å². The van der Waals surface area contributed by atoms with Gasteiger partial charge in [0.25, 0.3) is 0 Å². The second-order valence-corrected chi connectivity index (χ2v) is 5.79. The van der Waals surface area contributed by atoms with Gasteiger partial charge in [-0.3, -0.25) is 0 Å². The molecule has 0 fully saturated rings. The first-order valence-corrected chi connectivity index (χ1v) is 8.78. The monoisotopic (exact) mass is 307 g/mol. The van der Waals surface area contributed by atoms with E-state index in [2.05, 4.69) is 42.1 Å². The van der Waals surface area contributed by atoms with Gasteiger partial charge >= 0.3 is 0 Å². The van der Waals surface area contributed by atoms with Gasteiger partial charge in [0.2, 0.25) is 0 Å². The van der Waals surface area contributed by atoms with Crippen LogP contribution in [-0.4, -0.2) is 5.97 Å². The van der Waals surface area contributed by atoms with Crippen molar-refractivity contribution in [1.82, 2.24) is 0 Å². The zero-order valence-corrected chi connectivity index (χ0v) is 14.4. The highest BCUT2D eigenvalue weighted by Crippen LogP contribution is 2.10. The lowest BCUT2D eigenvalue weighted by Gasteiger charge is -2.01. The minimum Gasteiger partial charge on any atom is -0.550 e. The van der Waals surface area contributed by atoms with Crippen LogP contribution < -0.4 is 9.67 Å². The van der Waals surface area contributed by atoms with E-state index in [1.807, 2.05) is 0 Å². The number of carbonyl (C=O) groups is 1. The molecule has 1 aromatic rings. The molecule has 0 amide bonds. The quantitative estimate of drug-likeness (QED) is 0.462. The number of hydrogen-bond donors (Lipinski definition) is 0. The Hall–Kier alpha value is -1.38. The average molecular weight is 307 g/mol. The van der Waals surface area contributed by atoms with Crippen molar-refractivity contribution in [3.63, 3.8) is 0 Å². The third-order valence-electron chi connectivity index (χ3n) is 3.55. The molecule has 22 heavy (non-hydrogen) atoms. The van der Waals surface area contributed by atoms with Gasteiger partial charge in [-0.2, -0.15) is 0 Å². The second-order valence-electron chi connectivity index (χ2n) is 5.79. The molecule has 0 spiro atoms. The van der Waals surface area contributed by atoms with Gasteiger partial charge in [-0.25, -0.2) is 4.57 Å². The fourth-order valence-electron chi connectivity index (χ4n) is 2.37. The molecule has 0 radical (unpaired) electrons. The fraction of sp³-hybridized carbons (Fsp3) is 0.684. The van der Waals surface area contributed by atoms with Gasteiger partial charge in [0.1, 0.15) is 6.54 Å². The van der Waals surface area contributed by atoms with Crippen LogP contribution in [0, 0.1) is 0 Å². The lowest BCUT2D eigenvalue weighted by atomic mass is 10.1. The Morgan fingerprint density at radius 2 is 1.23 bits per heavy atom. The van der Waals surface area contributed by atoms with E-state index in [-0.39, 0.29) is 0 Å². The Labute approximate surface area is 136 Å². The lowest BCUT2D eigenvalue weighted by molar-refractivity contribution is -0.697. The van der Waals surface area contributed by atoms with Gasteiger partial charge in [-0.05, 0) is 13.3 Å². The van der Waals surface area contributed by atoms with Crippen molar-refractivity contribution < 1.29 is 14.5 Å². The minimum atomic E-state index is -1.08. The maximum Gasteiger partial charge on any atom is 0.168 e. The second kappa shape index (κ2) is 16.0. The summed E-state index contributed by atoms with van der Waals surface area (Å²) in [4.78, 5) is 8.89. The topological polar surface area (TPSA) is 44.0 Å². The zero-order valence-electron chi connectivity index (χ0n) is 14.4. The summed E-state index contributed by atoms with van der Waals surface area (Å²) in [5.74, 6) is -1.08. The SMILES string of the molecule is CC(=O)[O-].CCCCCCCCCCCC[n+]1ccccc1. The Morgan fingerprint density at radius 1 is 0.818 bits per heavy atom. The molecule has 1 aromatic heterocycles. The molecule has 0 aliphatic carbocycles. The summed E-state index contributed by atoms with van der Waals surface area (Å²) in [6.45, 7) is 4.43. The van der Waals surface area contributed by atoms with E-state index >= 15 is 0 Å². The average Bonchev–Trinajstić information content (AvgIpc) is 2.50. The largest absolute Gasteiger partial charge is 0.550 e. The molecule has 0 atom stereocenters. The van der Waals surface area contributed by atoms with Crippen LogP contribution in [0.25, 0.3) is 0 Å². The number of unbranched alkanes of at least 4 members (excludes halogenated alkanes) is 9. The number of rotatable bonds is 11. The van der Waals surface area contributed by atoms with Crippen molar-refractivity contribution in [1.29, 1.82) is 0 Å². The predicted octanol–water partition coefficient (Wildman–Crippen LogP) is 3.65. The van der Waals surface area contributed by atoms with Crippen LogP contribution in [0.15, 0.2) is 30.6 Å². The highest BCUT2D eigenvalue weighted by molar-refractivity contribution is 5.60. The molecule has 1 heterocycles. The van der Waals surface area contributed by atoms with Crippen LogP contribution >= 0.6 is 0 Å². The van der Waals surface area contributed by atoms with E-state index in [1.165, 1.54) is 70.8 Å². The van der Waals surface area contributed by atoms with Gasteiger partial charge in [-0.1, -0.05) is 64.4 Å². The smallest absolute Gasteiger partial charge is 0.168 e. The molecule has 0 N–H and O–H groups in total. The first-order chi connectivity index (χ1) is 10.7. The molecule has 3 nitrogen and oxygen atoms in total. The standard InChI is InChI=1S/C17H30N.C2H4O2/c1-2-3-4-5-6-7-8-9-10-12-15-18-16-13-11-14-17-18;1-2(3)4/h11,13-14,16-17H,2-10,12,15H2,1H3;1H3,(H,3,4)/q+1;/p-1. The number of carboxylic acids is 1. The van der Waals surface area contributed by atoms with Gasteiger partial charge < -0.3 is 9.90 Å². The Bertz CT molecular complexity index is 348. The molecular formula is C19H33NO2. The van der Waals surface area contributed by atoms with Gasteiger partial charge in [0, 0.05) is 24.5 Å². The summed E-state index contributed by atoms with van der Waals surface area (Å²) < 4.78 is 2.28. The highest BCUT2D eigenvalue weighted by Gasteiger charge is 1.97. The third-order valence-corrected chi connectivity index (χ3v) is 3.55. The Morgan fingerprint density at radius 3 is 1.68 bits per heavy atom. The number of carbonyl (C=O) groups excluding carboxylic acids is 1. The molecule has 0 aliphatic heterocycles. The van der Waals surface area contributed by atoms with Crippen molar-refractivity contribution >= 4 is 5.97 Å². The first-order valence-electron chi connectivity index (χ1n) is 8.78. The Kier molecular flexibility index (Phi) is 15.0. The highest BCUT2D eigenvalue weighted by atomic mass is 16.4. The Balaban J connectivity index is 0.000000980. The fourth-order valence-corrected chi connectivity index (χ4v) is 2.37. The number of nitrogens with zero attached hydrogens (tertiary/aromatic N) is 1. The van der Waals surface area contributed by atoms with Crippen LogP contribution in [0.4, 0.5) is 0 Å². The van der Waals surface area contributed by atoms with Crippen molar-refractivity contribution in [3.8, 4) is 0 Å². The van der Waals surface area contributed by atoms with E-state index in [0.717, 1.165) is 6.92 Å². The minimum absolute atomic E-state index is 0.972. The van der Waals surface area contributed by atoms with Crippen LogP contribution in [0.5, 0.6) is 0 Å². The maximum absolute atomic E-state index is 8.89. The molecule has 0 bridgehead atoms. The molecule has 3 heteroatoms. The van der Waals surface area contributed by atoms with E-state index in [1.54, 1.807) is 0 Å². The molecule has 0 aliphatic rings. The summed E-state index contributed by atoms with van der Waals surface area (Å²) in [7, 11) is 0. The molecular weight excluding hydrogens is 274 g/mol. The summed E-state index contributed by atoms with van der Waals surface area (Å²) >= 11 is 0. The summed E-state index contributed by atoms with van der Waals surface area (Å²) in [6, 6.07) is 6.29. The number of aromatic nitrogens is 1. The number of aryl methyl sites for hydroxylation is 1. The van der Waals surface area contributed by atoms with Crippen molar-refractivity contribution in [2.24, 2.45) is 0 Å². The van der Waals surface area contributed by atoms with Crippen LogP contribution in [-0.2, 0) is 11.3 Å². The summed E-state index contributed by atoms with van der Waals surface area (Å²) in [5.41, 5.74) is 0. The van der Waals surface area contributed by atoms with Gasteiger partial charge in [0.15, 0.2) is 12.4 Å². The zero-order chi connectivity index (χ0) is 16.5. The molecule has 0 aromatic carbocycles. The number of aliphatic carboxylic acids is 1. The van der Waals surface area contributed by atoms with Crippen molar-refractivity contribution in [2.75, 3.05) is 0 Å². The van der Waals surface area contributed by atoms with E-state index < -0.39 is 5.97 Å². The van der Waals surface area contributed by atoms with Gasteiger partial charge in [-0.15, -0.1) is 0 Å². The third kappa shape index (κ3) is 16.7. The molecule has 0 unspecified atom stereocenters. The first kappa shape index (κ1) is 20.6. The normalized spacial score (nSPS) is 9.91. The molecule has 126 valence electrons. The van der Waals surface area contributed by atoms with Gasteiger partial charge in [0.05, 0.1) is 0 Å². The molecule has 0 saturated heterocycles. The molecule has 1 rings (SSSR count). The number of hydrogen-bond acceptors (Lipinski definition) is 2. The lowest BCUT2D eigenvalue weighted by Crippen LogP contribution is -2.32. The number of pyridine rings is 1. The summed E-state index contributed by atoms with van der Waals surface area (Å²) in [6.07, 6.45) is 18.5. The van der Waals surface area contributed by atoms with Crippen molar-refractivity contribution in [2.45, 2.75) is 84.6 Å². The van der Waals surface area contributed by atoms with E-state index in [4.69, 9.17) is 9.90 Å². The summed E-state index contributed by atoms with van der Waals surface area (Å²) in [5, 5.41) is 8.89. The van der Waals surface area contributed by atoms with E-state index in [9.17, 15) is 0 Å². The number of carboxylic acid groups (broad SMARTS) is 1.